The van der Waals surface area contributed by atoms with Crippen molar-refractivity contribution in [3.8, 4) is 5.69 Å². The first-order chi connectivity index (χ1) is 17.2. The number of benzene rings is 3. The number of thioether (sulfide) groups is 1. The Morgan fingerprint density at radius 3 is 2.26 bits per heavy atom. The van der Waals surface area contributed by atoms with Crippen molar-refractivity contribution in [1.29, 1.82) is 0 Å². The van der Waals surface area contributed by atoms with Crippen LogP contribution in [0.1, 0.15) is 22.2 Å². The van der Waals surface area contributed by atoms with Crippen molar-refractivity contribution in [2.45, 2.75) is 16.8 Å². The Labute approximate surface area is 207 Å². The van der Waals surface area contributed by atoms with Crippen molar-refractivity contribution in [2.75, 3.05) is 26.3 Å². The molecule has 3 aromatic carbocycles. The second-order valence-electron chi connectivity index (χ2n) is 8.22. The third-order valence-electron chi connectivity index (χ3n) is 5.86. The van der Waals surface area contributed by atoms with Gasteiger partial charge in [0.05, 0.1) is 13.2 Å². The summed E-state index contributed by atoms with van der Waals surface area (Å²) in [5.41, 5.74) is 2.73. The minimum Gasteiger partial charge on any atom is -0.378 e. The third-order valence-corrected chi connectivity index (χ3v) is 7.05. The highest BCUT2D eigenvalue weighted by Crippen LogP contribution is 2.37. The van der Waals surface area contributed by atoms with Gasteiger partial charge < -0.3 is 9.64 Å². The van der Waals surface area contributed by atoms with Crippen LogP contribution in [0.3, 0.4) is 0 Å². The summed E-state index contributed by atoms with van der Waals surface area (Å²) < 4.78 is 21.1. The van der Waals surface area contributed by atoms with Crippen LogP contribution in [0.15, 0.2) is 90.1 Å². The molecule has 178 valence electrons. The second kappa shape index (κ2) is 10.8. The van der Waals surface area contributed by atoms with E-state index in [4.69, 9.17) is 4.74 Å². The average molecular weight is 489 g/mol. The van der Waals surface area contributed by atoms with Crippen molar-refractivity contribution in [1.82, 2.24) is 19.7 Å². The maximum atomic E-state index is 13.7. The zero-order chi connectivity index (χ0) is 24.0. The van der Waals surface area contributed by atoms with Gasteiger partial charge in [0.15, 0.2) is 5.16 Å². The van der Waals surface area contributed by atoms with E-state index < -0.39 is 5.25 Å². The van der Waals surface area contributed by atoms with Gasteiger partial charge in [-0.1, -0.05) is 72.4 Å². The highest BCUT2D eigenvalue weighted by Gasteiger charge is 2.30. The first-order valence-electron chi connectivity index (χ1n) is 11.5. The SMILES string of the molecule is O=C([C@H](Sc1nnc(Cc2ccccc2)n1-c1ccc(F)cc1)c1ccccc1)N1CCOCC1. The van der Waals surface area contributed by atoms with E-state index >= 15 is 0 Å². The van der Waals surface area contributed by atoms with E-state index in [0.29, 0.717) is 37.9 Å². The van der Waals surface area contributed by atoms with Crippen LogP contribution >= 0.6 is 11.8 Å². The molecule has 1 fully saturated rings. The summed E-state index contributed by atoms with van der Waals surface area (Å²) in [6.45, 7) is 2.19. The average Bonchev–Trinajstić information content (AvgIpc) is 3.30. The molecule has 2 heterocycles. The number of amides is 1. The molecule has 1 aliphatic heterocycles. The largest absolute Gasteiger partial charge is 0.378 e. The summed E-state index contributed by atoms with van der Waals surface area (Å²) in [5.74, 6) is 0.420. The molecule has 0 aliphatic carbocycles. The van der Waals surface area contributed by atoms with Crippen molar-refractivity contribution in [3.05, 3.63) is 108 Å². The number of morpholine rings is 1. The maximum absolute atomic E-state index is 13.7. The zero-order valence-corrected chi connectivity index (χ0v) is 19.9. The molecule has 0 saturated carbocycles. The molecular weight excluding hydrogens is 463 g/mol. The number of carbonyl (C=O) groups excluding carboxylic acids is 1. The van der Waals surface area contributed by atoms with Crippen molar-refractivity contribution in [2.24, 2.45) is 0 Å². The Hall–Kier alpha value is -3.49. The van der Waals surface area contributed by atoms with Crippen molar-refractivity contribution >= 4 is 17.7 Å². The first-order valence-corrected chi connectivity index (χ1v) is 12.4. The van der Waals surface area contributed by atoms with Gasteiger partial charge in [-0.25, -0.2) is 4.39 Å². The lowest BCUT2D eigenvalue weighted by atomic mass is 10.1. The van der Waals surface area contributed by atoms with Gasteiger partial charge in [0.1, 0.15) is 16.9 Å². The Balaban J connectivity index is 1.53. The van der Waals surface area contributed by atoms with Crippen LogP contribution in [0.2, 0.25) is 0 Å². The molecule has 1 aromatic heterocycles. The highest BCUT2D eigenvalue weighted by molar-refractivity contribution is 8.00. The minimum absolute atomic E-state index is 0.0164. The van der Waals surface area contributed by atoms with Crippen LogP contribution in [0, 0.1) is 5.82 Å². The molecule has 0 spiro atoms. The highest BCUT2D eigenvalue weighted by atomic mass is 32.2. The van der Waals surface area contributed by atoms with Crippen LogP contribution in [-0.4, -0.2) is 51.9 Å². The van der Waals surface area contributed by atoms with E-state index in [2.05, 4.69) is 10.2 Å². The summed E-state index contributed by atoms with van der Waals surface area (Å²) in [7, 11) is 0. The van der Waals surface area contributed by atoms with E-state index in [1.165, 1.54) is 23.9 Å². The van der Waals surface area contributed by atoms with E-state index in [1.807, 2.05) is 70.1 Å². The van der Waals surface area contributed by atoms with Crippen molar-refractivity contribution in [3.63, 3.8) is 0 Å². The topological polar surface area (TPSA) is 60.2 Å². The van der Waals surface area contributed by atoms with Gasteiger partial charge in [-0.2, -0.15) is 0 Å². The number of nitrogens with zero attached hydrogens (tertiary/aromatic N) is 4. The first kappa shape index (κ1) is 23.3. The lowest BCUT2D eigenvalue weighted by Crippen LogP contribution is -2.42. The molecule has 8 heteroatoms. The van der Waals surface area contributed by atoms with E-state index in [-0.39, 0.29) is 11.7 Å². The van der Waals surface area contributed by atoms with Gasteiger partial charge in [0.25, 0.3) is 0 Å². The number of rotatable bonds is 7. The standard InChI is InChI=1S/C27H25FN4O2S/c28-22-11-13-23(14-12-22)32-24(19-20-7-3-1-4-8-20)29-30-27(32)35-25(21-9-5-2-6-10-21)26(33)31-15-17-34-18-16-31/h1-14,25H,15-19H2/t25-/m1/s1. The molecule has 0 bridgehead atoms. The summed E-state index contributed by atoms with van der Waals surface area (Å²) in [6.07, 6.45) is 0.555. The van der Waals surface area contributed by atoms with E-state index in [9.17, 15) is 9.18 Å². The van der Waals surface area contributed by atoms with Crippen LogP contribution in [0.25, 0.3) is 5.69 Å². The second-order valence-corrected chi connectivity index (χ2v) is 9.29. The predicted molar refractivity (Wildman–Crippen MR) is 133 cm³/mol. The van der Waals surface area contributed by atoms with Gasteiger partial charge >= 0.3 is 0 Å². The lowest BCUT2D eigenvalue weighted by molar-refractivity contribution is -0.134. The number of aromatic nitrogens is 3. The molecule has 1 amide bonds. The molecule has 6 nitrogen and oxygen atoms in total. The van der Waals surface area contributed by atoms with Crippen LogP contribution in [0.4, 0.5) is 4.39 Å². The molecule has 1 aliphatic rings. The number of halogens is 1. The molecule has 1 saturated heterocycles. The van der Waals surface area contributed by atoms with E-state index in [0.717, 1.165) is 22.6 Å². The number of ether oxygens (including phenoxy) is 1. The number of carbonyl (C=O) groups is 1. The lowest BCUT2D eigenvalue weighted by Gasteiger charge is -2.30. The van der Waals surface area contributed by atoms with Gasteiger partial charge in [-0.3, -0.25) is 9.36 Å². The summed E-state index contributed by atoms with van der Waals surface area (Å²) >= 11 is 1.36. The van der Waals surface area contributed by atoms with E-state index in [1.54, 1.807) is 12.1 Å². The Morgan fingerprint density at radius 2 is 1.57 bits per heavy atom. The number of hydrogen-bond acceptors (Lipinski definition) is 5. The Bertz CT molecular complexity index is 1260. The zero-order valence-electron chi connectivity index (χ0n) is 19.1. The normalized spacial score (nSPS) is 14.6. The summed E-state index contributed by atoms with van der Waals surface area (Å²) in [5, 5.41) is 9.06. The quantitative estimate of drug-likeness (QED) is 0.353. The minimum atomic E-state index is -0.498. The Kier molecular flexibility index (Phi) is 7.20. The van der Waals surface area contributed by atoms with Crippen molar-refractivity contribution < 1.29 is 13.9 Å². The molecular formula is C27H25FN4O2S. The molecule has 1 atom stereocenters. The fourth-order valence-corrected chi connectivity index (χ4v) is 5.22. The smallest absolute Gasteiger partial charge is 0.240 e. The monoisotopic (exact) mass is 488 g/mol. The third kappa shape index (κ3) is 5.44. The van der Waals surface area contributed by atoms with Crippen LogP contribution in [0.5, 0.6) is 0 Å². The maximum Gasteiger partial charge on any atom is 0.240 e. The summed E-state index contributed by atoms with van der Waals surface area (Å²) in [6, 6.07) is 26.0. The molecule has 0 unspecified atom stereocenters. The molecule has 0 N–H and O–H groups in total. The number of hydrogen-bond donors (Lipinski definition) is 0. The summed E-state index contributed by atoms with van der Waals surface area (Å²) in [4.78, 5) is 15.5. The fraction of sp³-hybridized carbons (Fsp3) is 0.222. The van der Waals surface area contributed by atoms with Crippen LogP contribution in [-0.2, 0) is 16.0 Å². The van der Waals surface area contributed by atoms with Gasteiger partial charge in [-0.15, -0.1) is 10.2 Å². The Morgan fingerprint density at radius 1 is 0.914 bits per heavy atom. The van der Waals surface area contributed by atoms with Gasteiger partial charge in [0, 0.05) is 25.2 Å². The van der Waals surface area contributed by atoms with Gasteiger partial charge in [-0.05, 0) is 35.4 Å². The van der Waals surface area contributed by atoms with Crippen LogP contribution < -0.4 is 0 Å². The predicted octanol–water partition coefficient (Wildman–Crippen LogP) is 4.69. The molecule has 5 rings (SSSR count). The fourth-order valence-electron chi connectivity index (χ4n) is 4.06. The molecule has 35 heavy (non-hydrogen) atoms. The molecule has 4 aromatic rings. The molecule has 0 radical (unpaired) electrons. The van der Waals surface area contributed by atoms with Gasteiger partial charge in [0.2, 0.25) is 5.91 Å².